The number of phenols is 1. The third-order valence-electron chi connectivity index (χ3n) is 3.97. The highest BCUT2D eigenvalue weighted by molar-refractivity contribution is 6.10. The number of ketones is 1. The molecular formula is C21H19NO2. The Bertz CT molecular complexity index is 829. The molecule has 0 atom stereocenters. The molecule has 120 valence electrons. The number of rotatable bonds is 5. The summed E-state index contributed by atoms with van der Waals surface area (Å²) in [5.74, 6) is -0.174. The molecule has 3 nitrogen and oxygen atoms in total. The lowest BCUT2D eigenvalue weighted by molar-refractivity contribution is 0.103. The Balaban J connectivity index is 1.81. The Morgan fingerprint density at radius 1 is 0.917 bits per heavy atom. The Kier molecular flexibility index (Phi) is 4.62. The van der Waals surface area contributed by atoms with E-state index in [0.717, 1.165) is 12.2 Å². The van der Waals surface area contributed by atoms with Crippen LogP contribution in [0.4, 0.5) is 5.69 Å². The monoisotopic (exact) mass is 317 g/mol. The van der Waals surface area contributed by atoms with Gasteiger partial charge in [-0.05, 0) is 17.7 Å². The molecule has 0 spiro atoms. The fourth-order valence-corrected chi connectivity index (χ4v) is 2.64. The van der Waals surface area contributed by atoms with Gasteiger partial charge in [0.15, 0.2) is 5.78 Å². The largest absolute Gasteiger partial charge is 0.507 e. The number of carbonyl (C=O) groups excluding carboxylic acids is 1. The van der Waals surface area contributed by atoms with Crippen molar-refractivity contribution >= 4 is 11.5 Å². The summed E-state index contributed by atoms with van der Waals surface area (Å²) < 4.78 is 0. The molecule has 3 aromatic rings. The molecule has 3 rings (SSSR count). The summed E-state index contributed by atoms with van der Waals surface area (Å²) in [5, 5.41) is 10.3. The minimum absolute atomic E-state index is 0.00117. The number of phenolic OH excluding ortho intramolecular Hbond substituents is 1. The first-order valence-corrected chi connectivity index (χ1v) is 7.83. The van der Waals surface area contributed by atoms with E-state index in [1.54, 1.807) is 24.3 Å². The van der Waals surface area contributed by atoms with Crippen LogP contribution in [0.2, 0.25) is 0 Å². The van der Waals surface area contributed by atoms with Crippen LogP contribution in [-0.2, 0) is 6.54 Å². The maximum Gasteiger partial charge on any atom is 0.196 e. The first-order valence-electron chi connectivity index (χ1n) is 7.83. The zero-order chi connectivity index (χ0) is 16.9. The molecule has 0 aliphatic rings. The number of nitrogens with zero attached hydrogens (tertiary/aromatic N) is 1. The first kappa shape index (κ1) is 15.8. The molecule has 24 heavy (non-hydrogen) atoms. The minimum Gasteiger partial charge on any atom is -0.507 e. The lowest BCUT2D eigenvalue weighted by atomic mass is 10.0. The highest BCUT2D eigenvalue weighted by Crippen LogP contribution is 2.27. The summed E-state index contributed by atoms with van der Waals surface area (Å²) in [5.41, 5.74) is 2.93. The van der Waals surface area contributed by atoms with E-state index in [1.165, 1.54) is 5.56 Å². The van der Waals surface area contributed by atoms with Gasteiger partial charge in [0.25, 0.3) is 0 Å². The van der Waals surface area contributed by atoms with Gasteiger partial charge < -0.3 is 10.0 Å². The third kappa shape index (κ3) is 3.46. The molecule has 0 saturated heterocycles. The molecule has 3 aromatic carbocycles. The van der Waals surface area contributed by atoms with E-state index in [-0.39, 0.29) is 11.5 Å². The van der Waals surface area contributed by atoms with Crippen molar-refractivity contribution < 1.29 is 9.90 Å². The van der Waals surface area contributed by atoms with Crippen molar-refractivity contribution in [2.75, 3.05) is 11.9 Å². The molecule has 0 bridgehead atoms. The minimum atomic E-state index is -0.176. The van der Waals surface area contributed by atoms with Crippen LogP contribution in [-0.4, -0.2) is 17.9 Å². The summed E-state index contributed by atoms with van der Waals surface area (Å²) >= 11 is 0. The average molecular weight is 317 g/mol. The highest BCUT2D eigenvalue weighted by Gasteiger charge is 2.14. The molecule has 0 unspecified atom stereocenters. The van der Waals surface area contributed by atoms with Gasteiger partial charge in [0.2, 0.25) is 0 Å². The van der Waals surface area contributed by atoms with Gasteiger partial charge in [0, 0.05) is 30.9 Å². The summed E-state index contributed by atoms with van der Waals surface area (Å²) in [6.07, 6.45) is 0. The molecule has 1 N–H and O–H groups in total. The Labute approximate surface area is 141 Å². The fourth-order valence-electron chi connectivity index (χ4n) is 2.64. The van der Waals surface area contributed by atoms with E-state index >= 15 is 0 Å². The zero-order valence-corrected chi connectivity index (χ0v) is 13.5. The Morgan fingerprint density at radius 3 is 2.17 bits per heavy atom. The number of anilines is 1. The van der Waals surface area contributed by atoms with E-state index in [9.17, 15) is 9.90 Å². The molecule has 0 radical (unpaired) electrons. The van der Waals surface area contributed by atoms with Crippen LogP contribution in [0.5, 0.6) is 5.75 Å². The van der Waals surface area contributed by atoms with Crippen LogP contribution < -0.4 is 4.90 Å². The smallest absolute Gasteiger partial charge is 0.196 e. The van der Waals surface area contributed by atoms with Gasteiger partial charge in [-0.1, -0.05) is 60.7 Å². The summed E-state index contributed by atoms with van der Waals surface area (Å²) in [7, 11) is 1.96. The van der Waals surface area contributed by atoms with Crippen LogP contribution in [0.1, 0.15) is 21.5 Å². The number of hydrogen-bond donors (Lipinski definition) is 1. The van der Waals surface area contributed by atoms with Gasteiger partial charge >= 0.3 is 0 Å². The molecule has 0 fully saturated rings. The Hall–Kier alpha value is -3.07. The van der Waals surface area contributed by atoms with Gasteiger partial charge in [-0.25, -0.2) is 0 Å². The molecule has 0 aliphatic heterocycles. The van der Waals surface area contributed by atoms with Crippen molar-refractivity contribution in [2.24, 2.45) is 0 Å². The second-order valence-corrected chi connectivity index (χ2v) is 5.74. The molecule has 3 heteroatoms. The number of hydrogen-bond acceptors (Lipinski definition) is 3. The predicted octanol–water partition coefficient (Wildman–Crippen LogP) is 4.26. The SMILES string of the molecule is CN(Cc1ccccc1)c1ccc(C(=O)c2ccccc2)c(O)c1. The van der Waals surface area contributed by atoms with E-state index in [2.05, 4.69) is 12.1 Å². The van der Waals surface area contributed by atoms with E-state index in [1.807, 2.05) is 54.4 Å². The summed E-state index contributed by atoms with van der Waals surface area (Å²) in [4.78, 5) is 14.5. The highest BCUT2D eigenvalue weighted by atomic mass is 16.3. The van der Waals surface area contributed by atoms with E-state index in [4.69, 9.17) is 0 Å². The van der Waals surface area contributed by atoms with Crippen LogP contribution >= 0.6 is 0 Å². The third-order valence-corrected chi connectivity index (χ3v) is 3.97. The van der Waals surface area contributed by atoms with E-state index in [0.29, 0.717) is 11.1 Å². The van der Waals surface area contributed by atoms with Crippen LogP contribution in [0.15, 0.2) is 78.9 Å². The maximum atomic E-state index is 12.5. The topological polar surface area (TPSA) is 40.5 Å². The zero-order valence-electron chi connectivity index (χ0n) is 13.5. The standard InChI is InChI=1S/C21H19NO2/c1-22(15-16-8-4-2-5-9-16)18-12-13-19(20(23)14-18)21(24)17-10-6-3-7-11-17/h2-14,23H,15H2,1H3. The maximum absolute atomic E-state index is 12.5. The van der Waals surface area contributed by atoms with Crippen LogP contribution in [0.25, 0.3) is 0 Å². The van der Waals surface area contributed by atoms with Crippen molar-refractivity contribution in [1.29, 1.82) is 0 Å². The number of aromatic hydroxyl groups is 1. The Morgan fingerprint density at radius 2 is 1.54 bits per heavy atom. The van der Waals surface area contributed by atoms with Crippen LogP contribution in [0.3, 0.4) is 0 Å². The van der Waals surface area contributed by atoms with Crippen molar-refractivity contribution in [3.05, 3.63) is 95.6 Å². The lowest BCUT2D eigenvalue weighted by Gasteiger charge is -2.20. The molecule has 0 aliphatic carbocycles. The normalized spacial score (nSPS) is 10.4. The second kappa shape index (κ2) is 7.01. The van der Waals surface area contributed by atoms with Gasteiger partial charge in [0.1, 0.15) is 5.75 Å². The first-order chi connectivity index (χ1) is 11.6. The average Bonchev–Trinajstić information content (AvgIpc) is 2.62. The molecular weight excluding hydrogens is 298 g/mol. The van der Waals surface area contributed by atoms with Crippen molar-refractivity contribution in [3.8, 4) is 5.75 Å². The lowest BCUT2D eigenvalue weighted by Crippen LogP contribution is -2.16. The van der Waals surface area contributed by atoms with Gasteiger partial charge in [-0.3, -0.25) is 4.79 Å². The summed E-state index contributed by atoms with van der Waals surface area (Å²) in [6, 6.07) is 24.3. The molecule has 0 aromatic heterocycles. The molecule has 0 heterocycles. The van der Waals surface area contributed by atoms with Gasteiger partial charge in [-0.2, -0.15) is 0 Å². The second-order valence-electron chi connectivity index (χ2n) is 5.74. The van der Waals surface area contributed by atoms with Crippen LogP contribution in [0, 0.1) is 0 Å². The predicted molar refractivity (Wildman–Crippen MR) is 96.5 cm³/mol. The van der Waals surface area contributed by atoms with Gasteiger partial charge in [0.05, 0.1) is 5.56 Å². The molecule has 0 saturated carbocycles. The molecule has 0 amide bonds. The summed E-state index contributed by atoms with van der Waals surface area (Å²) in [6.45, 7) is 0.728. The fraction of sp³-hybridized carbons (Fsp3) is 0.0952. The van der Waals surface area contributed by atoms with Crippen molar-refractivity contribution in [3.63, 3.8) is 0 Å². The van der Waals surface area contributed by atoms with Crippen molar-refractivity contribution in [1.82, 2.24) is 0 Å². The van der Waals surface area contributed by atoms with Gasteiger partial charge in [-0.15, -0.1) is 0 Å². The van der Waals surface area contributed by atoms with E-state index < -0.39 is 0 Å². The van der Waals surface area contributed by atoms with Crippen molar-refractivity contribution in [2.45, 2.75) is 6.54 Å². The quantitative estimate of drug-likeness (QED) is 0.715. The number of benzene rings is 3. The number of carbonyl (C=O) groups is 1.